The maximum atomic E-state index is 12.2. The average molecular weight is 353 g/mol. The highest BCUT2D eigenvalue weighted by atomic mass is 16.5. The molecule has 3 rings (SSSR count). The van der Waals surface area contributed by atoms with E-state index in [2.05, 4.69) is 46.4 Å². The quantitative estimate of drug-likeness (QED) is 0.867. The molecule has 138 valence electrons. The Morgan fingerprint density at radius 3 is 2.35 bits per heavy atom. The van der Waals surface area contributed by atoms with Crippen LogP contribution < -0.4 is 15.0 Å². The molecule has 2 aromatic carbocycles. The molecular weight excluding hydrogens is 326 g/mol. The molecule has 1 atom stereocenters. The molecule has 26 heavy (non-hydrogen) atoms. The summed E-state index contributed by atoms with van der Waals surface area (Å²) in [4.78, 5) is 17.0. The summed E-state index contributed by atoms with van der Waals surface area (Å²) >= 11 is 0. The second kappa shape index (κ2) is 8.72. The fraction of sp³-hybridized carbons (Fsp3) is 0.381. The molecule has 0 saturated carbocycles. The number of nitrogens with zero attached hydrogens (tertiary/aromatic N) is 2. The number of likely N-dealkylation sites (N-methyl/N-ethyl adjacent to an activating group) is 1. The maximum absolute atomic E-state index is 12.2. The lowest BCUT2D eigenvalue weighted by atomic mass is 10.1. The van der Waals surface area contributed by atoms with Crippen LogP contribution in [0.5, 0.6) is 5.75 Å². The van der Waals surface area contributed by atoms with E-state index in [1.807, 2.05) is 30.3 Å². The van der Waals surface area contributed by atoms with Crippen molar-refractivity contribution in [1.29, 1.82) is 0 Å². The molecule has 0 unspecified atom stereocenters. The van der Waals surface area contributed by atoms with Crippen molar-refractivity contribution in [2.24, 2.45) is 0 Å². The van der Waals surface area contributed by atoms with Crippen LogP contribution in [0.3, 0.4) is 0 Å². The van der Waals surface area contributed by atoms with Gasteiger partial charge in [0.25, 0.3) is 5.91 Å². The highest BCUT2D eigenvalue weighted by Gasteiger charge is 2.15. The summed E-state index contributed by atoms with van der Waals surface area (Å²) in [5.74, 6) is 0.587. The number of ether oxygens (including phenoxy) is 1. The number of carbonyl (C=O) groups excluding carboxylic acids is 1. The normalized spacial score (nSPS) is 16.2. The number of hydrogen-bond donors (Lipinski definition) is 1. The number of rotatable bonds is 6. The Bertz CT molecular complexity index is 695. The van der Waals surface area contributed by atoms with Gasteiger partial charge in [0.2, 0.25) is 0 Å². The molecule has 1 aliphatic heterocycles. The van der Waals surface area contributed by atoms with Crippen LogP contribution in [-0.2, 0) is 11.3 Å². The number of anilines is 1. The van der Waals surface area contributed by atoms with Crippen LogP contribution in [0.1, 0.15) is 12.5 Å². The number of para-hydroxylation sites is 1. The number of benzene rings is 2. The molecule has 2 aromatic rings. The fourth-order valence-corrected chi connectivity index (χ4v) is 2.98. The monoisotopic (exact) mass is 353 g/mol. The van der Waals surface area contributed by atoms with Gasteiger partial charge in [0.05, 0.1) is 0 Å². The Labute approximate surface area is 155 Å². The van der Waals surface area contributed by atoms with Gasteiger partial charge in [-0.25, -0.2) is 0 Å². The van der Waals surface area contributed by atoms with Crippen LogP contribution in [0.4, 0.5) is 5.69 Å². The molecule has 5 nitrogen and oxygen atoms in total. The van der Waals surface area contributed by atoms with Gasteiger partial charge in [-0.2, -0.15) is 0 Å². The van der Waals surface area contributed by atoms with E-state index in [0.717, 1.165) is 31.7 Å². The van der Waals surface area contributed by atoms with Crippen molar-refractivity contribution in [1.82, 2.24) is 10.2 Å². The van der Waals surface area contributed by atoms with Crippen LogP contribution in [0.2, 0.25) is 0 Å². The molecule has 1 fully saturated rings. The first-order chi connectivity index (χ1) is 12.6. The number of piperazine rings is 1. The van der Waals surface area contributed by atoms with Crippen LogP contribution in [0, 0.1) is 0 Å². The Balaban J connectivity index is 1.47. The van der Waals surface area contributed by atoms with Gasteiger partial charge in [0, 0.05) is 38.4 Å². The lowest BCUT2D eigenvalue weighted by molar-refractivity contribution is -0.127. The summed E-state index contributed by atoms with van der Waals surface area (Å²) in [5.41, 5.74) is 2.33. The molecule has 0 aromatic heterocycles. The van der Waals surface area contributed by atoms with E-state index >= 15 is 0 Å². The number of nitrogens with one attached hydrogen (secondary N) is 1. The van der Waals surface area contributed by atoms with Crippen molar-refractivity contribution in [3.8, 4) is 5.75 Å². The fourth-order valence-electron chi connectivity index (χ4n) is 2.98. The van der Waals surface area contributed by atoms with Crippen LogP contribution in [0.25, 0.3) is 0 Å². The van der Waals surface area contributed by atoms with Crippen molar-refractivity contribution >= 4 is 11.6 Å². The molecule has 5 heteroatoms. The van der Waals surface area contributed by atoms with Crippen LogP contribution >= 0.6 is 0 Å². The summed E-state index contributed by atoms with van der Waals surface area (Å²) in [6.45, 7) is 6.57. The number of hydrogen-bond acceptors (Lipinski definition) is 4. The van der Waals surface area contributed by atoms with Gasteiger partial charge in [-0.05, 0) is 43.8 Å². The predicted octanol–water partition coefficient (Wildman–Crippen LogP) is 2.52. The Hall–Kier alpha value is -2.53. The Morgan fingerprint density at radius 2 is 1.69 bits per heavy atom. The zero-order valence-electron chi connectivity index (χ0n) is 15.5. The van der Waals surface area contributed by atoms with E-state index in [0.29, 0.717) is 12.3 Å². The summed E-state index contributed by atoms with van der Waals surface area (Å²) in [7, 11) is 2.16. The van der Waals surface area contributed by atoms with Crippen LogP contribution in [-0.4, -0.2) is 50.1 Å². The van der Waals surface area contributed by atoms with Crippen molar-refractivity contribution in [2.75, 3.05) is 38.1 Å². The van der Waals surface area contributed by atoms with Gasteiger partial charge < -0.3 is 19.9 Å². The van der Waals surface area contributed by atoms with Gasteiger partial charge >= 0.3 is 0 Å². The molecule has 0 spiro atoms. The number of amides is 1. The smallest absolute Gasteiger partial charge is 0.261 e. The molecule has 1 amide bonds. The van der Waals surface area contributed by atoms with Crippen LogP contribution in [0.15, 0.2) is 54.6 Å². The van der Waals surface area contributed by atoms with Gasteiger partial charge in [-0.1, -0.05) is 30.3 Å². The highest BCUT2D eigenvalue weighted by Crippen LogP contribution is 2.17. The lowest BCUT2D eigenvalue weighted by Gasteiger charge is -2.34. The van der Waals surface area contributed by atoms with E-state index in [9.17, 15) is 4.79 Å². The largest absolute Gasteiger partial charge is 0.481 e. The lowest BCUT2D eigenvalue weighted by Crippen LogP contribution is -2.44. The van der Waals surface area contributed by atoms with Crippen molar-refractivity contribution < 1.29 is 9.53 Å². The van der Waals surface area contributed by atoms with Gasteiger partial charge in [0.1, 0.15) is 5.75 Å². The molecule has 0 bridgehead atoms. The molecule has 1 aliphatic rings. The predicted molar refractivity (Wildman–Crippen MR) is 105 cm³/mol. The van der Waals surface area contributed by atoms with E-state index in [4.69, 9.17) is 4.74 Å². The first-order valence-electron chi connectivity index (χ1n) is 9.13. The molecule has 1 N–H and O–H groups in total. The standard InChI is InChI=1S/C21H27N3O2/c1-17(26-20-6-4-3-5-7-20)21(25)22-16-18-8-10-19(11-9-18)24-14-12-23(2)13-15-24/h3-11,17H,12-16H2,1-2H3,(H,22,25)/t17-/m0/s1. The van der Waals surface area contributed by atoms with Gasteiger partial charge in [0.15, 0.2) is 6.10 Å². The van der Waals surface area contributed by atoms with E-state index in [1.165, 1.54) is 5.69 Å². The maximum Gasteiger partial charge on any atom is 0.261 e. The number of carbonyl (C=O) groups is 1. The van der Waals surface area contributed by atoms with Gasteiger partial charge in [-0.15, -0.1) is 0 Å². The summed E-state index contributed by atoms with van der Waals surface area (Å²) in [6.07, 6.45) is -0.526. The minimum atomic E-state index is -0.526. The van der Waals surface area contributed by atoms with Crippen molar-refractivity contribution in [2.45, 2.75) is 19.6 Å². The second-order valence-electron chi connectivity index (χ2n) is 6.75. The summed E-state index contributed by atoms with van der Waals surface area (Å²) < 4.78 is 5.65. The zero-order chi connectivity index (χ0) is 18.4. The third-order valence-corrected chi connectivity index (χ3v) is 4.70. The molecular formula is C21H27N3O2. The minimum Gasteiger partial charge on any atom is -0.481 e. The minimum absolute atomic E-state index is 0.114. The topological polar surface area (TPSA) is 44.8 Å². The zero-order valence-corrected chi connectivity index (χ0v) is 15.5. The first-order valence-corrected chi connectivity index (χ1v) is 9.13. The molecule has 1 heterocycles. The van der Waals surface area contributed by atoms with E-state index in [1.54, 1.807) is 6.92 Å². The summed E-state index contributed by atoms with van der Waals surface area (Å²) in [6, 6.07) is 17.8. The van der Waals surface area contributed by atoms with Crippen molar-refractivity contribution in [3.05, 3.63) is 60.2 Å². The first kappa shape index (κ1) is 18.3. The van der Waals surface area contributed by atoms with E-state index < -0.39 is 6.10 Å². The average Bonchev–Trinajstić information content (AvgIpc) is 2.68. The third kappa shape index (κ3) is 4.99. The summed E-state index contributed by atoms with van der Waals surface area (Å²) in [5, 5.41) is 2.94. The van der Waals surface area contributed by atoms with E-state index in [-0.39, 0.29) is 5.91 Å². The van der Waals surface area contributed by atoms with Crippen molar-refractivity contribution in [3.63, 3.8) is 0 Å². The SMILES string of the molecule is C[C@H](Oc1ccccc1)C(=O)NCc1ccc(N2CCN(C)CC2)cc1. The van der Waals surface area contributed by atoms with Gasteiger partial charge in [-0.3, -0.25) is 4.79 Å². The second-order valence-corrected chi connectivity index (χ2v) is 6.75. The molecule has 0 radical (unpaired) electrons. The molecule has 0 aliphatic carbocycles. The third-order valence-electron chi connectivity index (χ3n) is 4.70. The Morgan fingerprint density at radius 1 is 1.04 bits per heavy atom. The highest BCUT2D eigenvalue weighted by molar-refractivity contribution is 5.80. The molecule has 1 saturated heterocycles. The Kier molecular flexibility index (Phi) is 6.12.